The van der Waals surface area contributed by atoms with Crippen LogP contribution in [0.15, 0.2) is 30.7 Å². The second kappa shape index (κ2) is 9.82. The standard InChI is InChI=1S/C24H33N9O/c1-18(2)33-23-21(22(27-17-28-23)26-10-6-12-31-11-5-8-20(31)34)29-24(33)32-15-13-30(14-16-32)19-7-3-4-9-25-19/h3-4,7,9,17-18H,5-6,8,10-16H2,1-2H3,(H,26,27,28). The average molecular weight is 464 g/mol. The largest absolute Gasteiger partial charge is 0.368 e. The molecule has 0 unspecified atom stereocenters. The quantitative estimate of drug-likeness (QED) is 0.509. The Morgan fingerprint density at radius 1 is 1.03 bits per heavy atom. The summed E-state index contributed by atoms with van der Waals surface area (Å²) in [6, 6.07) is 6.26. The van der Waals surface area contributed by atoms with Crippen molar-refractivity contribution in [1.29, 1.82) is 0 Å². The molecule has 1 amide bonds. The maximum Gasteiger partial charge on any atom is 0.222 e. The topological polar surface area (TPSA) is 95.3 Å². The van der Waals surface area contributed by atoms with Crippen molar-refractivity contribution < 1.29 is 4.79 Å². The van der Waals surface area contributed by atoms with Crippen LogP contribution in [0.4, 0.5) is 17.6 Å². The first-order valence-corrected chi connectivity index (χ1v) is 12.3. The highest BCUT2D eigenvalue weighted by atomic mass is 16.2. The molecular weight excluding hydrogens is 430 g/mol. The number of rotatable bonds is 8. The monoisotopic (exact) mass is 463 g/mol. The van der Waals surface area contributed by atoms with E-state index < -0.39 is 0 Å². The van der Waals surface area contributed by atoms with Crippen LogP contribution in [0.2, 0.25) is 0 Å². The normalized spacial score (nSPS) is 16.8. The lowest BCUT2D eigenvalue weighted by Gasteiger charge is -2.36. The molecule has 0 aliphatic carbocycles. The molecule has 5 heterocycles. The van der Waals surface area contributed by atoms with Gasteiger partial charge in [0.1, 0.15) is 12.1 Å². The minimum atomic E-state index is 0.220. The molecule has 34 heavy (non-hydrogen) atoms. The lowest BCUT2D eigenvalue weighted by molar-refractivity contribution is -0.127. The lowest BCUT2D eigenvalue weighted by Crippen LogP contribution is -2.47. The van der Waals surface area contributed by atoms with Crippen molar-refractivity contribution in [2.45, 2.75) is 39.2 Å². The fraction of sp³-hybridized carbons (Fsp3) is 0.542. The molecule has 10 heteroatoms. The molecule has 5 rings (SSSR count). The summed E-state index contributed by atoms with van der Waals surface area (Å²) in [5.41, 5.74) is 1.65. The number of hydrogen-bond acceptors (Lipinski definition) is 8. The first-order chi connectivity index (χ1) is 16.6. The summed E-state index contributed by atoms with van der Waals surface area (Å²) >= 11 is 0. The van der Waals surface area contributed by atoms with Crippen LogP contribution in [0, 0.1) is 0 Å². The van der Waals surface area contributed by atoms with Crippen molar-refractivity contribution in [2.24, 2.45) is 0 Å². The van der Waals surface area contributed by atoms with Gasteiger partial charge in [0.25, 0.3) is 0 Å². The number of carbonyl (C=O) groups is 1. The zero-order valence-electron chi connectivity index (χ0n) is 20.0. The van der Waals surface area contributed by atoms with Gasteiger partial charge in [-0.25, -0.2) is 19.9 Å². The lowest BCUT2D eigenvalue weighted by atomic mass is 10.3. The predicted molar refractivity (Wildman–Crippen MR) is 133 cm³/mol. The van der Waals surface area contributed by atoms with Crippen molar-refractivity contribution in [3.63, 3.8) is 0 Å². The van der Waals surface area contributed by atoms with E-state index in [2.05, 4.69) is 54.5 Å². The van der Waals surface area contributed by atoms with Gasteiger partial charge in [0.15, 0.2) is 17.0 Å². The molecule has 3 aromatic rings. The minimum absolute atomic E-state index is 0.220. The van der Waals surface area contributed by atoms with Crippen molar-refractivity contribution in [3.05, 3.63) is 30.7 Å². The number of aromatic nitrogens is 5. The molecule has 180 valence electrons. The number of nitrogens with zero attached hydrogens (tertiary/aromatic N) is 8. The minimum Gasteiger partial charge on any atom is -0.368 e. The number of hydrogen-bond donors (Lipinski definition) is 1. The number of fused-ring (bicyclic) bond motifs is 1. The third-order valence-corrected chi connectivity index (χ3v) is 6.58. The van der Waals surface area contributed by atoms with E-state index in [0.717, 1.165) is 87.4 Å². The third kappa shape index (κ3) is 4.49. The average Bonchev–Trinajstić information content (AvgIpc) is 3.46. The summed E-state index contributed by atoms with van der Waals surface area (Å²) < 4.78 is 2.21. The SMILES string of the molecule is CC(C)n1c(N2CCN(c3ccccn3)CC2)nc2c(NCCCN3CCCC3=O)ncnc21. The Hall–Kier alpha value is -3.43. The molecule has 10 nitrogen and oxygen atoms in total. The van der Waals surface area contributed by atoms with Crippen LogP contribution in [0.3, 0.4) is 0 Å². The summed E-state index contributed by atoms with van der Waals surface area (Å²) in [5, 5.41) is 3.44. The maximum atomic E-state index is 11.8. The molecule has 0 radical (unpaired) electrons. The van der Waals surface area contributed by atoms with Gasteiger partial charge in [0.2, 0.25) is 11.9 Å². The number of imidazole rings is 1. The molecule has 3 aromatic heterocycles. The van der Waals surface area contributed by atoms with Gasteiger partial charge >= 0.3 is 0 Å². The Bertz CT molecular complexity index is 1120. The summed E-state index contributed by atoms with van der Waals surface area (Å²) in [7, 11) is 0. The van der Waals surface area contributed by atoms with E-state index in [1.165, 1.54) is 0 Å². The summed E-state index contributed by atoms with van der Waals surface area (Å²) in [5.74, 6) is 2.99. The first kappa shape index (κ1) is 22.4. The smallest absolute Gasteiger partial charge is 0.222 e. The van der Waals surface area contributed by atoms with E-state index in [1.54, 1.807) is 6.33 Å². The molecule has 2 fully saturated rings. The Kier molecular flexibility index (Phi) is 6.46. The molecular formula is C24H33N9O. The summed E-state index contributed by atoms with van der Waals surface area (Å²) in [6.45, 7) is 10.3. The van der Waals surface area contributed by atoms with E-state index in [0.29, 0.717) is 6.42 Å². The second-order valence-corrected chi connectivity index (χ2v) is 9.20. The molecule has 2 saturated heterocycles. The van der Waals surface area contributed by atoms with Crippen molar-refractivity contribution in [3.8, 4) is 0 Å². The van der Waals surface area contributed by atoms with Gasteiger partial charge in [-0.15, -0.1) is 0 Å². The van der Waals surface area contributed by atoms with Crippen LogP contribution in [0.5, 0.6) is 0 Å². The fourth-order valence-electron chi connectivity index (χ4n) is 4.82. The number of anilines is 3. The highest BCUT2D eigenvalue weighted by molar-refractivity contribution is 5.85. The van der Waals surface area contributed by atoms with E-state index in [9.17, 15) is 4.79 Å². The third-order valence-electron chi connectivity index (χ3n) is 6.58. The Labute approximate surface area is 200 Å². The Morgan fingerprint density at radius 2 is 1.85 bits per heavy atom. The number of likely N-dealkylation sites (tertiary alicyclic amines) is 1. The highest BCUT2D eigenvalue weighted by Crippen LogP contribution is 2.29. The van der Waals surface area contributed by atoms with Gasteiger partial charge in [0, 0.05) is 64.5 Å². The van der Waals surface area contributed by atoms with Gasteiger partial charge in [-0.05, 0) is 38.8 Å². The molecule has 1 N–H and O–H groups in total. The number of amides is 1. The summed E-state index contributed by atoms with van der Waals surface area (Å²) in [4.78, 5) is 37.0. The van der Waals surface area contributed by atoms with Crippen LogP contribution in [-0.4, -0.2) is 81.1 Å². The molecule has 0 aromatic carbocycles. The molecule has 0 atom stereocenters. The zero-order valence-corrected chi connectivity index (χ0v) is 20.0. The van der Waals surface area contributed by atoms with Gasteiger partial charge in [-0.2, -0.15) is 0 Å². The van der Waals surface area contributed by atoms with E-state index in [4.69, 9.17) is 4.98 Å². The number of piperazine rings is 1. The molecule has 0 spiro atoms. The fourth-order valence-corrected chi connectivity index (χ4v) is 4.82. The zero-order chi connectivity index (χ0) is 23.5. The molecule has 2 aliphatic heterocycles. The first-order valence-electron chi connectivity index (χ1n) is 12.3. The van der Waals surface area contributed by atoms with E-state index in [1.807, 2.05) is 23.2 Å². The number of nitrogens with one attached hydrogen (secondary N) is 1. The number of pyridine rings is 1. The highest BCUT2D eigenvalue weighted by Gasteiger charge is 2.26. The molecule has 2 aliphatic rings. The predicted octanol–water partition coefficient (Wildman–Crippen LogP) is 2.55. The Morgan fingerprint density at radius 3 is 2.56 bits per heavy atom. The van der Waals surface area contributed by atoms with Crippen LogP contribution in [-0.2, 0) is 4.79 Å². The summed E-state index contributed by atoms with van der Waals surface area (Å²) in [6.07, 6.45) is 5.99. The van der Waals surface area contributed by atoms with Gasteiger partial charge in [-0.1, -0.05) is 6.07 Å². The molecule has 0 saturated carbocycles. The Balaban J connectivity index is 1.30. The van der Waals surface area contributed by atoms with Crippen LogP contribution >= 0.6 is 0 Å². The number of carbonyl (C=O) groups excluding carboxylic acids is 1. The maximum absolute atomic E-state index is 11.8. The van der Waals surface area contributed by atoms with E-state index >= 15 is 0 Å². The van der Waals surface area contributed by atoms with E-state index in [-0.39, 0.29) is 11.9 Å². The second-order valence-electron chi connectivity index (χ2n) is 9.20. The van der Waals surface area contributed by atoms with Gasteiger partial charge in [-0.3, -0.25) is 9.36 Å². The van der Waals surface area contributed by atoms with Crippen LogP contribution in [0.25, 0.3) is 11.2 Å². The van der Waals surface area contributed by atoms with Crippen LogP contribution < -0.4 is 15.1 Å². The molecule has 0 bridgehead atoms. The van der Waals surface area contributed by atoms with Crippen molar-refractivity contribution in [2.75, 3.05) is 60.9 Å². The van der Waals surface area contributed by atoms with Crippen molar-refractivity contribution in [1.82, 2.24) is 29.4 Å². The van der Waals surface area contributed by atoms with Gasteiger partial charge < -0.3 is 20.0 Å². The van der Waals surface area contributed by atoms with Crippen LogP contribution in [0.1, 0.15) is 39.2 Å². The van der Waals surface area contributed by atoms with Crippen molar-refractivity contribution >= 4 is 34.7 Å². The van der Waals surface area contributed by atoms with Gasteiger partial charge in [0.05, 0.1) is 0 Å².